The van der Waals surface area contributed by atoms with Crippen LogP contribution >= 0.6 is 0 Å². The molecule has 0 atom stereocenters. The molecular formula is C15H14N2O3. The SMILES string of the molecule is CC(C)C(=O)/C(C#N)=C\C=C\c1ccccc1[N+](=O)[O-]. The van der Waals surface area contributed by atoms with Crippen molar-refractivity contribution in [3.63, 3.8) is 0 Å². The van der Waals surface area contributed by atoms with Crippen LogP contribution in [0.1, 0.15) is 19.4 Å². The van der Waals surface area contributed by atoms with Crippen LogP contribution in [-0.4, -0.2) is 10.7 Å². The first-order valence-electron chi connectivity index (χ1n) is 6.03. The van der Waals surface area contributed by atoms with E-state index in [9.17, 15) is 14.9 Å². The zero-order valence-electron chi connectivity index (χ0n) is 11.2. The van der Waals surface area contributed by atoms with Crippen molar-refractivity contribution < 1.29 is 9.72 Å². The fraction of sp³-hybridized carbons (Fsp3) is 0.200. The normalized spacial score (nSPS) is 11.6. The summed E-state index contributed by atoms with van der Waals surface area (Å²) in [7, 11) is 0. The van der Waals surface area contributed by atoms with Crippen molar-refractivity contribution in [1.29, 1.82) is 5.26 Å². The predicted molar refractivity (Wildman–Crippen MR) is 75.7 cm³/mol. The number of hydrogen-bond donors (Lipinski definition) is 0. The Hall–Kier alpha value is -2.74. The van der Waals surface area contributed by atoms with E-state index in [0.717, 1.165) is 0 Å². The third-order valence-electron chi connectivity index (χ3n) is 2.58. The second kappa shape index (κ2) is 7.00. The van der Waals surface area contributed by atoms with Gasteiger partial charge in [-0.2, -0.15) is 5.26 Å². The van der Waals surface area contributed by atoms with Crippen molar-refractivity contribution in [2.45, 2.75) is 13.8 Å². The number of Topliss-reactive ketones (excluding diaryl/α,β-unsaturated/α-hetero) is 1. The molecule has 0 aliphatic carbocycles. The van der Waals surface area contributed by atoms with E-state index in [1.807, 2.05) is 6.07 Å². The van der Waals surface area contributed by atoms with Gasteiger partial charge in [-0.15, -0.1) is 0 Å². The predicted octanol–water partition coefficient (Wildman–Crippen LogP) is 3.28. The Kier molecular flexibility index (Phi) is 5.36. The minimum atomic E-state index is -0.478. The van der Waals surface area contributed by atoms with Gasteiger partial charge in [0.2, 0.25) is 0 Å². The molecule has 5 nitrogen and oxygen atoms in total. The number of rotatable bonds is 5. The number of nitro groups is 1. The molecule has 102 valence electrons. The number of benzene rings is 1. The summed E-state index contributed by atoms with van der Waals surface area (Å²) in [5.74, 6) is -0.514. The highest BCUT2D eigenvalue weighted by Gasteiger charge is 2.12. The topological polar surface area (TPSA) is 84.0 Å². The Labute approximate surface area is 117 Å². The van der Waals surface area contributed by atoms with Crippen LogP contribution in [0.4, 0.5) is 5.69 Å². The number of para-hydroxylation sites is 1. The number of carbonyl (C=O) groups is 1. The monoisotopic (exact) mass is 270 g/mol. The van der Waals surface area contributed by atoms with Gasteiger partial charge in [-0.1, -0.05) is 32.1 Å². The molecule has 0 saturated heterocycles. The van der Waals surface area contributed by atoms with E-state index in [1.54, 1.807) is 32.0 Å². The highest BCUT2D eigenvalue weighted by Crippen LogP contribution is 2.19. The van der Waals surface area contributed by atoms with Crippen LogP contribution in [0.5, 0.6) is 0 Å². The smallest absolute Gasteiger partial charge is 0.276 e. The molecule has 0 N–H and O–H groups in total. The van der Waals surface area contributed by atoms with Crippen molar-refractivity contribution in [2.24, 2.45) is 5.92 Å². The van der Waals surface area contributed by atoms with Gasteiger partial charge in [0.15, 0.2) is 5.78 Å². The molecule has 0 unspecified atom stereocenters. The summed E-state index contributed by atoms with van der Waals surface area (Å²) >= 11 is 0. The fourth-order valence-electron chi connectivity index (χ4n) is 1.53. The van der Waals surface area contributed by atoms with Gasteiger partial charge in [-0.3, -0.25) is 14.9 Å². The van der Waals surface area contributed by atoms with E-state index in [4.69, 9.17) is 5.26 Å². The van der Waals surface area contributed by atoms with Gasteiger partial charge >= 0.3 is 0 Å². The Morgan fingerprint density at radius 1 is 1.40 bits per heavy atom. The van der Waals surface area contributed by atoms with Crippen LogP contribution < -0.4 is 0 Å². The Bertz CT molecular complexity index is 622. The second-order valence-corrected chi connectivity index (χ2v) is 4.39. The lowest BCUT2D eigenvalue weighted by Gasteiger charge is -2.00. The standard InChI is InChI=1S/C15H14N2O3/c1-11(2)15(18)13(10-16)8-5-7-12-6-3-4-9-14(12)17(19)20/h3-9,11H,1-2H3/b7-5+,13-8-. The molecule has 0 aliphatic rings. The summed E-state index contributed by atoms with van der Waals surface area (Å²) in [6.45, 7) is 3.42. The van der Waals surface area contributed by atoms with Gasteiger partial charge in [0, 0.05) is 12.0 Å². The summed E-state index contributed by atoms with van der Waals surface area (Å²) < 4.78 is 0. The largest absolute Gasteiger partial charge is 0.293 e. The number of nitriles is 1. The number of carbonyl (C=O) groups excluding carboxylic acids is 1. The molecule has 0 bridgehead atoms. The van der Waals surface area contributed by atoms with E-state index < -0.39 is 4.92 Å². The van der Waals surface area contributed by atoms with E-state index >= 15 is 0 Å². The van der Waals surface area contributed by atoms with Gasteiger partial charge in [0.1, 0.15) is 6.07 Å². The molecule has 0 aromatic heterocycles. The van der Waals surface area contributed by atoms with Crippen molar-refractivity contribution in [3.05, 3.63) is 57.7 Å². The number of allylic oxidation sites excluding steroid dienone is 3. The quantitative estimate of drug-likeness (QED) is 0.270. The summed E-state index contributed by atoms with van der Waals surface area (Å²) in [6, 6.07) is 8.09. The first-order valence-corrected chi connectivity index (χ1v) is 6.03. The van der Waals surface area contributed by atoms with Crippen LogP contribution in [0.2, 0.25) is 0 Å². The van der Waals surface area contributed by atoms with Crippen LogP contribution in [-0.2, 0) is 4.79 Å². The number of ketones is 1. The van der Waals surface area contributed by atoms with E-state index in [-0.39, 0.29) is 23.0 Å². The molecule has 0 saturated carbocycles. The summed E-state index contributed by atoms with van der Waals surface area (Å²) in [4.78, 5) is 22.0. The van der Waals surface area contributed by atoms with Gasteiger partial charge in [0.25, 0.3) is 5.69 Å². The van der Waals surface area contributed by atoms with Crippen molar-refractivity contribution >= 4 is 17.5 Å². The van der Waals surface area contributed by atoms with Gasteiger partial charge in [-0.25, -0.2) is 0 Å². The van der Waals surface area contributed by atoms with Crippen LogP contribution in [0, 0.1) is 27.4 Å². The average Bonchev–Trinajstić information content (AvgIpc) is 2.43. The minimum absolute atomic E-state index is 0.0224. The van der Waals surface area contributed by atoms with Crippen molar-refractivity contribution in [3.8, 4) is 6.07 Å². The molecule has 5 heteroatoms. The van der Waals surface area contributed by atoms with E-state index in [1.165, 1.54) is 24.3 Å². The first-order chi connectivity index (χ1) is 9.47. The molecule has 0 heterocycles. The van der Waals surface area contributed by atoms with Crippen LogP contribution in [0.3, 0.4) is 0 Å². The maximum atomic E-state index is 11.7. The molecule has 0 fully saturated rings. The van der Waals surface area contributed by atoms with Gasteiger partial charge < -0.3 is 0 Å². The molecule has 1 aromatic rings. The summed E-state index contributed by atoms with van der Waals surface area (Å²) in [5, 5.41) is 19.7. The number of hydrogen-bond acceptors (Lipinski definition) is 4. The molecule has 1 rings (SSSR count). The average molecular weight is 270 g/mol. The molecule has 0 radical (unpaired) electrons. The molecule has 0 aliphatic heterocycles. The van der Waals surface area contributed by atoms with Gasteiger partial charge in [-0.05, 0) is 18.2 Å². The van der Waals surface area contributed by atoms with Crippen LogP contribution in [0.25, 0.3) is 6.08 Å². The number of nitrogens with zero attached hydrogens (tertiary/aromatic N) is 2. The zero-order valence-corrected chi connectivity index (χ0v) is 11.2. The Morgan fingerprint density at radius 2 is 2.05 bits per heavy atom. The summed E-state index contributed by atoms with van der Waals surface area (Å²) in [5.41, 5.74) is 0.434. The fourth-order valence-corrected chi connectivity index (χ4v) is 1.53. The Balaban J connectivity index is 3.02. The highest BCUT2D eigenvalue weighted by molar-refractivity contribution is 6.00. The lowest BCUT2D eigenvalue weighted by molar-refractivity contribution is -0.385. The molecule has 0 spiro atoms. The zero-order chi connectivity index (χ0) is 15.1. The Morgan fingerprint density at radius 3 is 2.60 bits per heavy atom. The lowest BCUT2D eigenvalue weighted by atomic mass is 10.0. The van der Waals surface area contributed by atoms with Crippen molar-refractivity contribution in [2.75, 3.05) is 0 Å². The lowest BCUT2D eigenvalue weighted by Crippen LogP contribution is -2.08. The maximum Gasteiger partial charge on any atom is 0.276 e. The third kappa shape index (κ3) is 3.89. The van der Waals surface area contributed by atoms with E-state index in [0.29, 0.717) is 5.56 Å². The van der Waals surface area contributed by atoms with Crippen molar-refractivity contribution in [1.82, 2.24) is 0 Å². The molecule has 20 heavy (non-hydrogen) atoms. The summed E-state index contributed by atoms with van der Waals surface area (Å²) in [6.07, 6.45) is 4.35. The molecule has 1 aromatic carbocycles. The van der Waals surface area contributed by atoms with Gasteiger partial charge in [0.05, 0.1) is 16.1 Å². The molecule has 0 amide bonds. The maximum absolute atomic E-state index is 11.7. The number of nitro benzene ring substituents is 1. The minimum Gasteiger partial charge on any atom is -0.293 e. The van der Waals surface area contributed by atoms with E-state index in [2.05, 4.69) is 0 Å². The first kappa shape index (κ1) is 15.3. The molecular weight excluding hydrogens is 256 g/mol. The highest BCUT2D eigenvalue weighted by atomic mass is 16.6. The third-order valence-corrected chi connectivity index (χ3v) is 2.58. The van der Waals surface area contributed by atoms with Crippen LogP contribution in [0.15, 0.2) is 42.0 Å². The second-order valence-electron chi connectivity index (χ2n) is 4.39.